The Morgan fingerprint density at radius 3 is 2.76 bits per heavy atom. The van der Waals surface area contributed by atoms with Gasteiger partial charge in [0.1, 0.15) is 0 Å². The number of halogens is 1. The summed E-state index contributed by atoms with van der Waals surface area (Å²) >= 11 is 0. The Morgan fingerprint density at radius 2 is 2.08 bits per heavy atom. The van der Waals surface area contributed by atoms with Crippen molar-refractivity contribution < 1.29 is 4.79 Å². The van der Waals surface area contributed by atoms with Crippen LogP contribution in [-0.4, -0.2) is 39.7 Å². The normalized spacial score (nSPS) is 17.2. The molecule has 25 heavy (non-hydrogen) atoms. The fourth-order valence-corrected chi connectivity index (χ4v) is 3.49. The summed E-state index contributed by atoms with van der Waals surface area (Å²) in [5.74, 6) is 0.0976. The molecule has 2 N–H and O–H groups in total. The molecular formula is C19H27ClN4O. The van der Waals surface area contributed by atoms with Crippen molar-refractivity contribution in [2.24, 2.45) is 5.73 Å². The lowest BCUT2D eigenvalue weighted by Crippen LogP contribution is -2.47. The summed E-state index contributed by atoms with van der Waals surface area (Å²) in [6.45, 7) is 6.07. The van der Waals surface area contributed by atoms with Crippen molar-refractivity contribution in [3.8, 4) is 0 Å². The summed E-state index contributed by atoms with van der Waals surface area (Å²) < 4.78 is 1.97. The molecule has 3 rings (SSSR count). The van der Waals surface area contributed by atoms with E-state index in [9.17, 15) is 4.79 Å². The number of carbonyl (C=O) groups is 1. The summed E-state index contributed by atoms with van der Waals surface area (Å²) in [6.07, 6.45) is 3.23. The van der Waals surface area contributed by atoms with Gasteiger partial charge in [-0.1, -0.05) is 12.1 Å². The molecule has 2 heterocycles. The Labute approximate surface area is 155 Å². The number of aryl methyl sites for hydroxylation is 2. The Morgan fingerprint density at radius 1 is 1.28 bits per heavy atom. The number of likely N-dealkylation sites (tertiary alicyclic amines) is 1. The summed E-state index contributed by atoms with van der Waals surface area (Å²) in [7, 11) is 0. The maximum absolute atomic E-state index is 12.9. The van der Waals surface area contributed by atoms with E-state index >= 15 is 0 Å². The molecule has 1 atom stereocenters. The number of carbonyl (C=O) groups excluding carboxylic acids is 1. The predicted octanol–water partition coefficient (Wildman–Crippen LogP) is 2.92. The molecule has 0 aliphatic carbocycles. The number of hydrogen-bond donors (Lipinski definition) is 1. The summed E-state index contributed by atoms with van der Waals surface area (Å²) in [5, 5.41) is 4.50. The van der Waals surface area contributed by atoms with Gasteiger partial charge in [-0.2, -0.15) is 5.10 Å². The highest BCUT2D eigenvalue weighted by Crippen LogP contribution is 2.20. The van der Waals surface area contributed by atoms with Crippen LogP contribution in [0.2, 0.25) is 0 Å². The van der Waals surface area contributed by atoms with Crippen LogP contribution in [-0.2, 0) is 6.54 Å². The Kier molecular flexibility index (Phi) is 6.62. The lowest BCUT2D eigenvalue weighted by Gasteiger charge is -2.35. The van der Waals surface area contributed by atoms with Gasteiger partial charge in [-0.15, -0.1) is 12.4 Å². The van der Waals surface area contributed by atoms with Crippen molar-refractivity contribution >= 4 is 18.3 Å². The number of amides is 1. The summed E-state index contributed by atoms with van der Waals surface area (Å²) in [6, 6.07) is 10.1. The lowest BCUT2D eigenvalue weighted by molar-refractivity contribution is 0.0623. The molecule has 5 nitrogen and oxygen atoms in total. The Bertz CT molecular complexity index is 728. The summed E-state index contributed by atoms with van der Waals surface area (Å²) in [4.78, 5) is 14.8. The van der Waals surface area contributed by atoms with Gasteiger partial charge in [-0.3, -0.25) is 9.48 Å². The number of benzene rings is 1. The number of nitrogens with zero attached hydrogens (tertiary/aromatic N) is 3. The molecular weight excluding hydrogens is 336 g/mol. The van der Waals surface area contributed by atoms with Crippen molar-refractivity contribution in [3.05, 3.63) is 52.8 Å². The molecule has 1 aromatic heterocycles. The third-order valence-electron chi connectivity index (χ3n) is 4.77. The Balaban J connectivity index is 0.00000225. The van der Waals surface area contributed by atoms with Crippen LogP contribution in [0.3, 0.4) is 0 Å². The van der Waals surface area contributed by atoms with E-state index in [1.807, 2.05) is 40.8 Å². The average Bonchev–Trinajstić information content (AvgIpc) is 2.91. The van der Waals surface area contributed by atoms with E-state index in [-0.39, 0.29) is 24.4 Å². The van der Waals surface area contributed by atoms with Crippen molar-refractivity contribution in [2.75, 3.05) is 13.1 Å². The van der Waals surface area contributed by atoms with E-state index in [1.54, 1.807) is 0 Å². The van der Waals surface area contributed by atoms with Crippen molar-refractivity contribution in [1.82, 2.24) is 14.7 Å². The van der Waals surface area contributed by atoms with Gasteiger partial charge in [0.25, 0.3) is 5.91 Å². The minimum atomic E-state index is 0. The molecule has 1 aliphatic heterocycles. The second-order valence-electron chi connectivity index (χ2n) is 6.67. The van der Waals surface area contributed by atoms with Crippen LogP contribution in [0, 0.1) is 13.8 Å². The molecule has 1 aromatic carbocycles. The minimum Gasteiger partial charge on any atom is -0.334 e. The van der Waals surface area contributed by atoms with Gasteiger partial charge in [0.15, 0.2) is 0 Å². The van der Waals surface area contributed by atoms with Crippen LogP contribution in [0.4, 0.5) is 0 Å². The topological polar surface area (TPSA) is 64.2 Å². The third kappa shape index (κ3) is 4.41. The zero-order valence-corrected chi connectivity index (χ0v) is 15.8. The molecule has 1 amide bonds. The van der Waals surface area contributed by atoms with Crippen LogP contribution in [0.5, 0.6) is 0 Å². The smallest absolute Gasteiger partial charge is 0.254 e. The van der Waals surface area contributed by atoms with Gasteiger partial charge in [0.05, 0.1) is 12.2 Å². The number of hydrogen-bond acceptors (Lipinski definition) is 3. The van der Waals surface area contributed by atoms with E-state index in [4.69, 9.17) is 5.73 Å². The molecule has 0 spiro atoms. The molecule has 2 aromatic rings. The van der Waals surface area contributed by atoms with Crippen LogP contribution < -0.4 is 5.73 Å². The number of rotatable bonds is 4. The van der Waals surface area contributed by atoms with Gasteiger partial charge >= 0.3 is 0 Å². The fourth-order valence-electron chi connectivity index (χ4n) is 3.49. The standard InChI is InChI=1S/C19H26N4O.ClH/c1-14-10-15(2)23(21-14)13-16-6-5-7-17(11-16)19(24)22-9-4-3-8-18(22)12-20;/h5-7,10-11,18H,3-4,8-9,12-13,20H2,1-2H3;1H. The average molecular weight is 363 g/mol. The first kappa shape index (κ1) is 19.5. The zero-order chi connectivity index (χ0) is 17.1. The molecule has 0 bridgehead atoms. The molecule has 6 heteroatoms. The molecule has 1 aliphatic rings. The lowest BCUT2D eigenvalue weighted by atomic mass is 10.0. The highest BCUT2D eigenvalue weighted by Gasteiger charge is 2.26. The van der Waals surface area contributed by atoms with Gasteiger partial charge in [-0.25, -0.2) is 0 Å². The van der Waals surface area contributed by atoms with Gasteiger partial charge in [-0.05, 0) is 56.9 Å². The predicted molar refractivity (Wildman–Crippen MR) is 102 cm³/mol. The van der Waals surface area contributed by atoms with Gasteiger partial charge in [0, 0.05) is 30.4 Å². The van der Waals surface area contributed by atoms with Crippen LogP contribution in [0.1, 0.15) is 46.6 Å². The van der Waals surface area contributed by atoms with Crippen molar-refractivity contribution in [1.29, 1.82) is 0 Å². The van der Waals surface area contributed by atoms with Crippen molar-refractivity contribution in [3.63, 3.8) is 0 Å². The first-order valence-corrected chi connectivity index (χ1v) is 8.69. The molecule has 0 radical (unpaired) electrons. The second kappa shape index (κ2) is 8.50. The van der Waals surface area contributed by atoms with Crippen LogP contribution >= 0.6 is 12.4 Å². The van der Waals surface area contributed by atoms with E-state index in [1.165, 1.54) is 0 Å². The quantitative estimate of drug-likeness (QED) is 0.909. The van der Waals surface area contributed by atoms with E-state index in [0.717, 1.165) is 48.3 Å². The van der Waals surface area contributed by atoms with E-state index < -0.39 is 0 Å². The maximum atomic E-state index is 12.9. The molecule has 136 valence electrons. The van der Waals surface area contributed by atoms with Gasteiger partial charge in [0.2, 0.25) is 0 Å². The largest absolute Gasteiger partial charge is 0.334 e. The molecule has 0 saturated carbocycles. The highest BCUT2D eigenvalue weighted by atomic mass is 35.5. The Hall–Kier alpha value is -1.85. The fraction of sp³-hybridized carbons (Fsp3) is 0.474. The highest BCUT2D eigenvalue weighted by molar-refractivity contribution is 5.94. The first-order valence-electron chi connectivity index (χ1n) is 8.69. The summed E-state index contributed by atoms with van der Waals surface area (Å²) in [5.41, 5.74) is 9.83. The number of nitrogens with two attached hydrogens (primary N) is 1. The van der Waals surface area contributed by atoms with E-state index in [0.29, 0.717) is 13.1 Å². The minimum absolute atomic E-state index is 0. The number of aromatic nitrogens is 2. The van der Waals surface area contributed by atoms with Crippen LogP contribution in [0.25, 0.3) is 0 Å². The SMILES string of the molecule is Cc1cc(C)n(Cc2cccc(C(=O)N3CCCCC3CN)c2)n1.Cl. The number of piperidine rings is 1. The monoisotopic (exact) mass is 362 g/mol. The van der Waals surface area contributed by atoms with Gasteiger partial charge < -0.3 is 10.6 Å². The molecule has 1 unspecified atom stereocenters. The van der Waals surface area contributed by atoms with Crippen molar-refractivity contribution in [2.45, 2.75) is 45.7 Å². The van der Waals surface area contributed by atoms with Crippen LogP contribution in [0.15, 0.2) is 30.3 Å². The molecule has 1 fully saturated rings. The maximum Gasteiger partial charge on any atom is 0.254 e. The zero-order valence-electron chi connectivity index (χ0n) is 14.9. The van der Waals surface area contributed by atoms with E-state index in [2.05, 4.69) is 18.1 Å². The molecule has 1 saturated heterocycles. The second-order valence-corrected chi connectivity index (χ2v) is 6.67. The first-order chi connectivity index (χ1) is 11.6. The third-order valence-corrected chi connectivity index (χ3v) is 4.77.